The van der Waals surface area contributed by atoms with E-state index in [-0.39, 0.29) is 24.8 Å². The van der Waals surface area contributed by atoms with Gasteiger partial charge in [0, 0.05) is 32.3 Å². The number of alkyl carbamates (subject to hydrolysis) is 1. The molecule has 2 atom stereocenters. The summed E-state index contributed by atoms with van der Waals surface area (Å²) in [5.74, 6) is -1.52. The predicted octanol–water partition coefficient (Wildman–Crippen LogP) is 3.62. The van der Waals surface area contributed by atoms with Crippen molar-refractivity contribution in [2.24, 2.45) is 10.5 Å². The van der Waals surface area contributed by atoms with Gasteiger partial charge in [0.05, 0.1) is 11.9 Å². The van der Waals surface area contributed by atoms with E-state index in [4.69, 9.17) is 4.74 Å². The summed E-state index contributed by atoms with van der Waals surface area (Å²) < 4.78 is 18.7. The highest BCUT2D eigenvalue weighted by molar-refractivity contribution is 6.13. The molecule has 1 saturated heterocycles. The third-order valence-electron chi connectivity index (χ3n) is 7.96. The van der Waals surface area contributed by atoms with E-state index in [1.807, 2.05) is 30.3 Å². The van der Waals surface area contributed by atoms with Gasteiger partial charge < -0.3 is 20.3 Å². The van der Waals surface area contributed by atoms with Crippen molar-refractivity contribution in [1.82, 2.24) is 25.5 Å². The predicted molar refractivity (Wildman–Crippen MR) is 166 cm³/mol. The van der Waals surface area contributed by atoms with Crippen LogP contribution in [0.5, 0.6) is 0 Å². The zero-order valence-corrected chi connectivity index (χ0v) is 26.9. The molecule has 4 rings (SSSR count). The van der Waals surface area contributed by atoms with Crippen molar-refractivity contribution < 1.29 is 28.3 Å². The van der Waals surface area contributed by atoms with Crippen molar-refractivity contribution in [3.63, 3.8) is 0 Å². The van der Waals surface area contributed by atoms with Gasteiger partial charge in [-0.05, 0) is 78.0 Å². The Labute approximate surface area is 263 Å². The van der Waals surface area contributed by atoms with Crippen LogP contribution in [0.2, 0.25) is 0 Å². The summed E-state index contributed by atoms with van der Waals surface area (Å²) in [4.78, 5) is 59.5. The zero-order valence-electron chi connectivity index (χ0n) is 26.9. The lowest BCUT2D eigenvalue weighted by atomic mass is 9.73. The Morgan fingerprint density at radius 2 is 1.80 bits per heavy atom. The molecule has 2 aliphatic heterocycles. The second kappa shape index (κ2) is 13.3. The molecule has 0 radical (unpaired) electrons. The van der Waals surface area contributed by atoms with E-state index in [1.165, 1.54) is 24.9 Å². The molecule has 4 amide bonds. The first-order valence-corrected chi connectivity index (χ1v) is 15.2. The second-order valence-electron chi connectivity index (χ2n) is 13.3. The second-order valence-corrected chi connectivity index (χ2v) is 13.3. The number of benzene rings is 1. The van der Waals surface area contributed by atoms with Crippen molar-refractivity contribution in [3.8, 4) is 0 Å². The fourth-order valence-electron chi connectivity index (χ4n) is 5.69. The van der Waals surface area contributed by atoms with Crippen LogP contribution in [0.25, 0.3) is 0 Å². The molecule has 12 heteroatoms. The Hall–Kier alpha value is -4.35. The summed E-state index contributed by atoms with van der Waals surface area (Å²) in [7, 11) is 1.62. The lowest BCUT2D eigenvalue weighted by Crippen LogP contribution is -2.62. The summed E-state index contributed by atoms with van der Waals surface area (Å²) in [6.07, 6.45) is 2.36. The third kappa shape index (κ3) is 8.23. The molecule has 1 aromatic carbocycles. The van der Waals surface area contributed by atoms with Crippen LogP contribution in [-0.2, 0) is 32.0 Å². The number of amides is 4. The minimum atomic E-state index is -1.40. The lowest BCUT2D eigenvalue weighted by Gasteiger charge is -2.41. The van der Waals surface area contributed by atoms with Crippen LogP contribution in [0.15, 0.2) is 53.8 Å². The van der Waals surface area contributed by atoms with Crippen LogP contribution in [0.3, 0.4) is 0 Å². The first-order chi connectivity index (χ1) is 21.1. The molecular formula is C33H43FN6O5. The molecule has 0 unspecified atom stereocenters. The van der Waals surface area contributed by atoms with Gasteiger partial charge in [0.25, 0.3) is 5.91 Å². The van der Waals surface area contributed by atoms with Gasteiger partial charge in [-0.2, -0.15) is 5.10 Å². The van der Waals surface area contributed by atoms with E-state index < -0.39 is 40.4 Å². The maximum Gasteiger partial charge on any atom is 0.408 e. The SMILES string of the molecule is CN1N=C2CCN(C(=O)[C@@H](CCCc3ccc(F)cn3)NC(=O)C(C)(C)NC(=O)OC(C)(C)C)C[C@@]2(Cc2ccccc2)C1=O. The number of fused-ring (bicyclic) bond motifs is 1. The van der Waals surface area contributed by atoms with Crippen molar-refractivity contribution in [1.29, 1.82) is 0 Å². The van der Waals surface area contributed by atoms with Crippen LogP contribution < -0.4 is 10.6 Å². The van der Waals surface area contributed by atoms with E-state index in [0.717, 1.165) is 17.5 Å². The number of aromatic nitrogens is 1. The minimum Gasteiger partial charge on any atom is -0.444 e. The Bertz CT molecular complexity index is 1440. The zero-order chi connectivity index (χ0) is 33.0. The van der Waals surface area contributed by atoms with Crippen molar-refractivity contribution in [2.75, 3.05) is 20.1 Å². The molecule has 0 bridgehead atoms. The number of hydrogen-bond donors (Lipinski definition) is 2. The first-order valence-electron chi connectivity index (χ1n) is 15.2. The average molecular weight is 623 g/mol. The molecule has 3 heterocycles. The number of carbonyl (C=O) groups excluding carboxylic acids is 4. The number of ether oxygens (including phenoxy) is 1. The first kappa shape index (κ1) is 33.5. The molecule has 2 aromatic rings. The molecule has 1 fully saturated rings. The van der Waals surface area contributed by atoms with E-state index in [0.29, 0.717) is 37.9 Å². The lowest BCUT2D eigenvalue weighted by molar-refractivity contribution is -0.142. The molecule has 11 nitrogen and oxygen atoms in total. The largest absolute Gasteiger partial charge is 0.444 e. The Balaban J connectivity index is 1.55. The maximum atomic E-state index is 14.2. The summed E-state index contributed by atoms with van der Waals surface area (Å²) in [5, 5.41) is 11.3. The standard InChI is InChI=1S/C33H43FN6O5/c1-31(2,3)45-30(44)37-32(4,5)28(42)36-25(14-10-13-24-16-15-23(34)20-35-24)27(41)40-18-17-26-33(21-40,29(43)39(6)38-26)19-22-11-8-7-9-12-22/h7-9,11-12,15-16,20,25H,10,13-14,17-19,21H2,1-6H3,(H,36,42)(H,37,44)/t25-,33-/m1/s1. The van der Waals surface area contributed by atoms with E-state index >= 15 is 0 Å². The third-order valence-corrected chi connectivity index (χ3v) is 7.96. The Morgan fingerprint density at radius 1 is 1.09 bits per heavy atom. The highest BCUT2D eigenvalue weighted by Gasteiger charge is 2.54. The average Bonchev–Trinajstić information content (AvgIpc) is 3.20. The highest BCUT2D eigenvalue weighted by Crippen LogP contribution is 2.38. The van der Waals surface area contributed by atoms with Crippen LogP contribution in [-0.4, -0.2) is 81.7 Å². The molecule has 0 saturated carbocycles. The maximum absolute atomic E-state index is 14.2. The van der Waals surface area contributed by atoms with Gasteiger partial charge in [0.2, 0.25) is 11.8 Å². The fourth-order valence-corrected chi connectivity index (χ4v) is 5.69. The number of rotatable bonds is 10. The summed E-state index contributed by atoms with van der Waals surface area (Å²) >= 11 is 0. The Kier molecular flexibility index (Phi) is 9.94. The molecule has 0 spiro atoms. The topological polar surface area (TPSA) is 133 Å². The molecule has 242 valence electrons. The molecule has 1 aromatic heterocycles. The Morgan fingerprint density at radius 3 is 2.44 bits per heavy atom. The molecule has 0 aliphatic carbocycles. The van der Waals surface area contributed by atoms with Crippen LogP contribution in [0.4, 0.5) is 9.18 Å². The van der Waals surface area contributed by atoms with Gasteiger partial charge in [-0.15, -0.1) is 0 Å². The van der Waals surface area contributed by atoms with E-state index in [9.17, 15) is 23.6 Å². The number of nitrogens with one attached hydrogen (secondary N) is 2. The van der Waals surface area contributed by atoms with E-state index in [2.05, 4.69) is 20.7 Å². The van der Waals surface area contributed by atoms with Crippen molar-refractivity contribution in [3.05, 3.63) is 65.7 Å². The van der Waals surface area contributed by atoms with Gasteiger partial charge in [-0.25, -0.2) is 14.2 Å². The van der Waals surface area contributed by atoms with Gasteiger partial charge >= 0.3 is 6.09 Å². The summed E-state index contributed by atoms with van der Waals surface area (Å²) in [6, 6.07) is 11.6. The number of likely N-dealkylation sites (tertiary alicyclic amines) is 1. The number of nitrogens with zero attached hydrogens (tertiary/aromatic N) is 4. The minimum absolute atomic E-state index is 0.119. The summed E-state index contributed by atoms with van der Waals surface area (Å²) in [5.41, 5.74) is -0.820. The molecule has 2 N–H and O–H groups in total. The molecule has 45 heavy (non-hydrogen) atoms. The number of carbonyl (C=O) groups is 4. The number of aryl methyl sites for hydroxylation is 1. The number of pyridine rings is 1. The van der Waals surface area contributed by atoms with Gasteiger partial charge in [-0.3, -0.25) is 19.4 Å². The highest BCUT2D eigenvalue weighted by atomic mass is 19.1. The quantitative estimate of drug-likeness (QED) is 0.416. The van der Waals surface area contributed by atoms with Gasteiger partial charge in [0.15, 0.2) is 0 Å². The van der Waals surface area contributed by atoms with Crippen LogP contribution >= 0.6 is 0 Å². The van der Waals surface area contributed by atoms with Crippen LogP contribution in [0.1, 0.15) is 65.1 Å². The normalized spacial score (nSPS) is 19.0. The van der Waals surface area contributed by atoms with E-state index in [1.54, 1.807) is 38.8 Å². The molecule has 2 aliphatic rings. The van der Waals surface area contributed by atoms with Gasteiger partial charge in [-0.1, -0.05) is 30.3 Å². The molecular weight excluding hydrogens is 579 g/mol. The number of halogens is 1. The monoisotopic (exact) mass is 622 g/mol. The van der Waals surface area contributed by atoms with Gasteiger partial charge in [0.1, 0.15) is 28.4 Å². The summed E-state index contributed by atoms with van der Waals surface area (Å²) in [6.45, 7) is 8.67. The fraction of sp³-hybridized carbons (Fsp3) is 0.515. The van der Waals surface area contributed by atoms with Crippen LogP contribution in [0, 0.1) is 11.2 Å². The smallest absolute Gasteiger partial charge is 0.408 e. The number of hydrazone groups is 1. The van der Waals surface area contributed by atoms with Crippen molar-refractivity contribution >= 4 is 29.5 Å². The van der Waals surface area contributed by atoms with Crippen molar-refractivity contribution in [2.45, 2.75) is 83.9 Å². The number of hydrogen-bond acceptors (Lipinski definition) is 7. The number of piperidine rings is 1.